The number of hydrogen-bond donors (Lipinski definition) is 1. The summed E-state index contributed by atoms with van der Waals surface area (Å²) in [7, 11) is 0. The Morgan fingerprint density at radius 2 is 2.18 bits per heavy atom. The molecule has 17 heavy (non-hydrogen) atoms. The number of hydrogen-bond acceptors (Lipinski definition) is 2. The third kappa shape index (κ3) is 3.07. The predicted octanol–water partition coefficient (Wildman–Crippen LogP) is 4.55. The van der Waals surface area contributed by atoms with Crippen LogP contribution in [0.4, 0.5) is 4.39 Å². The molecule has 1 aromatic heterocycles. The quantitative estimate of drug-likeness (QED) is 0.876. The van der Waals surface area contributed by atoms with Crippen molar-refractivity contribution in [3.63, 3.8) is 0 Å². The van der Waals surface area contributed by atoms with Crippen molar-refractivity contribution in [3.8, 4) is 0 Å². The van der Waals surface area contributed by atoms with Crippen LogP contribution in [0.5, 0.6) is 0 Å². The molecule has 0 fully saturated rings. The van der Waals surface area contributed by atoms with Crippen molar-refractivity contribution in [2.45, 2.75) is 12.5 Å². The minimum atomic E-state index is -0.261. The Hall–Kier alpha value is -0.420. The first kappa shape index (κ1) is 13.0. The van der Waals surface area contributed by atoms with Crippen molar-refractivity contribution in [1.82, 2.24) is 0 Å². The van der Waals surface area contributed by atoms with Crippen LogP contribution < -0.4 is 5.73 Å². The summed E-state index contributed by atoms with van der Waals surface area (Å²) < 4.78 is 13.7. The van der Waals surface area contributed by atoms with Crippen LogP contribution in [0.15, 0.2) is 34.1 Å². The summed E-state index contributed by atoms with van der Waals surface area (Å²) in [6, 6.07) is 6.28. The number of halogens is 3. The molecule has 0 aliphatic heterocycles. The summed E-state index contributed by atoms with van der Waals surface area (Å²) >= 11 is 10.9. The highest BCUT2D eigenvalue weighted by Crippen LogP contribution is 2.30. The number of nitrogens with two attached hydrogens (primary N) is 1. The molecule has 0 aliphatic carbocycles. The van der Waals surface area contributed by atoms with Gasteiger partial charge in [-0.1, -0.05) is 33.6 Å². The SMILES string of the molecule is NC(Cc1ccc(F)cc1Br)c1sccc1Cl. The molecule has 1 nitrogen and oxygen atoms in total. The molecular weight excluding hydrogens is 325 g/mol. The van der Waals surface area contributed by atoms with Crippen LogP contribution in [-0.2, 0) is 6.42 Å². The van der Waals surface area contributed by atoms with Crippen molar-refractivity contribution in [2.24, 2.45) is 5.73 Å². The van der Waals surface area contributed by atoms with Crippen LogP contribution in [0.2, 0.25) is 5.02 Å². The Bertz CT molecular complexity index is 529. The molecule has 0 saturated heterocycles. The van der Waals surface area contributed by atoms with Gasteiger partial charge in [-0.15, -0.1) is 11.3 Å². The molecule has 90 valence electrons. The van der Waals surface area contributed by atoms with E-state index in [1.807, 2.05) is 11.4 Å². The van der Waals surface area contributed by atoms with Gasteiger partial charge in [0.1, 0.15) is 5.82 Å². The van der Waals surface area contributed by atoms with Gasteiger partial charge in [0.25, 0.3) is 0 Å². The van der Waals surface area contributed by atoms with Crippen molar-refractivity contribution < 1.29 is 4.39 Å². The average molecular weight is 335 g/mol. The molecule has 2 N–H and O–H groups in total. The summed E-state index contributed by atoms with van der Waals surface area (Å²) in [5, 5.41) is 2.61. The highest BCUT2D eigenvalue weighted by Gasteiger charge is 2.14. The lowest BCUT2D eigenvalue weighted by Crippen LogP contribution is -2.12. The van der Waals surface area contributed by atoms with E-state index < -0.39 is 0 Å². The summed E-state index contributed by atoms with van der Waals surface area (Å²) in [4.78, 5) is 0.961. The molecule has 1 heterocycles. The first-order chi connectivity index (χ1) is 8.08. The molecule has 0 bridgehead atoms. The second-order valence-electron chi connectivity index (χ2n) is 3.68. The van der Waals surface area contributed by atoms with E-state index in [9.17, 15) is 4.39 Å². The Morgan fingerprint density at radius 1 is 1.41 bits per heavy atom. The molecule has 5 heteroatoms. The molecule has 1 atom stereocenters. The Kier molecular flexibility index (Phi) is 4.20. The van der Waals surface area contributed by atoms with Gasteiger partial charge < -0.3 is 5.73 Å². The van der Waals surface area contributed by atoms with Gasteiger partial charge in [-0.3, -0.25) is 0 Å². The monoisotopic (exact) mass is 333 g/mol. The average Bonchev–Trinajstić information content (AvgIpc) is 2.68. The standard InChI is InChI=1S/C12H10BrClFNS/c13-9-6-8(15)2-1-7(9)5-11(16)12-10(14)3-4-17-12/h1-4,6,11H,5,16H2. The molecule has 0 radical (unpaired) electrons. The smallest absolute Gasteiger partial charge is 0.124 e. The van der Waals surface area contributed by atoms with Gasteiger partial charge in [0.15, 0.2) is 0 Å². The van der Waals surface area contributed by atoms with Gasteiger partial charge in [-0.05, 0) is 35.6 Å². The zero-order valence-corrected chi connectivity index (χ0v) is 11.9. The molecule has 1 unspecified atom stereocenters. The fraction of sp³-hybridized carbons (Fsp3) is 0.167. The first-order valence-electron chi connectivity index (χ1n) is 5.00. The Balaban J connectivity index is 2.19. The normalized spacial score (nSPS) is 12.7. The van der Waals surface area contributed by atoms with Gasteiger partial charge in [-0.2, -0.15) is 0 Å². The lowest BCUT2D eigenvalue weighted by Gasteiger charge is -2.12. The molecule has 0 aliphatic rings. The zero-order chi connectivity index (χ0) is 12.4. The largest absolute Gasteiger partial charge is 0.323 e. The van der Waals surface area contributed by atoms with Gasteiger partial charge in [0.05, 0.1) is 5.02 Å². The summed E-state index contributed by atoms with van der Waals surface area (Å²) in [5.41, 5.74) is 7.07. The molecule has 0 saturated carbocycles. The lowest BCUT2D eigenvalue weighted by atomic mass is 10.1. The minimum Gasteiger partial charge on any atom is -0.323 e. The van der Waals surface area contributed by atoms with Crippen LogP contribution in [0.1, 0.15) is 16.5 Å². The molecule has 1 aromatic carbocycles. The predicted molar refractivity (Wildman–Crippen MR) is 74.1 cm³/mol. The second kappa shape index (κ2) is 5.48. The van der Waals surface area contributed by atoms with Crippen molar-refractivity contribution in [1.29, 1.82) is 0 Å². The highest BCUT2D eigenvalue weighted by molar-refractivity contribution is 9.10. The van der Waals surface area contributed by atoms with E-state index in [-0.39, 0.29) is 11.9 Å². The van der Waals surface area contributed by atoms with Crippen LogP contribution in [0, 0.1) is 5.82 Å². The van der Waals surface area contributed by atoms with E-state index in [1.165, 1.54) is 23.5 Å². The van der Waals surface area contributed by atoms with E-state index in [1.54, 1.807) is 6.07 Å². The highest BCUT2D eigenvalue weighted by atomic mass is 79.9. The molecule has 0 amide bonds. The van der Waals surface area contributed by atoms with Gasteiger partial charge in [0.2, 0.25) is 0 Å². The topological polar surface area (TPSA) is 26.0 Å². The first-order valence-corrected chi connectivity index (χ1v) is 7.05. The van der Waals surface area contributed by atoms with E-state index in [4.69, 9.17) is 17.3 Å². The maximum Gasteiger partial charge on any atom is 0.124 e. The van der Waals surface area contributed by atoms with E-state index >= 15 is 0 Å². The van der Waals surface area contributed by atoms with Gasteiger partial charge in [0, 0.05) is 15.4 Å². The summed E-state index contributed by atoms with van der Waals surface area (Å²) in [6.07, 6.45) is 0.626. The maximum atomic E-state index is 12.9. The third-order valence-corrected chi connectivity index (χ3v) is 4.67. The minimum absolute atomic E-state index is 0.163. The van der Waals surface area contributed by atoms with E-state index in [0.29, 0.717) is 11.4 Å². The van der Waals surface area contributed by atoms with Crippen molar-refractivity contribution in [2.75, 3.05) is 0 Å². The molecular formula is C12H10BrClFNS. The molecule has 0 spiro atoms. The zero-order valence-electron chi connectivity index (χ0n) is 8.79. The van der Waals surface area contributed by atoms with E-state index in [2.05, 4.69) is 15.9 Å². The lowest BCUT2D eigenvalue weighted by molar-refractivity contribution is 0.624. The number of rotatable bonds is 3. The fourth-order valence-electron chi connectivity index (χ4n) is 1.59. The van der Waals surface area contributed by atoms with Gasteiger partial charge >= 0.3 is 0 Å². The summed E-state index contributed by atoms with van der Waals surface area (Å²) in [6.45, 7) is 0. The molecule has 2 aromatic rings. The van der Waals surface area contributed by atoms with Crippen LogP contribution in [-0.4, -0.2) is 0 Å². The Labute approximate surface area is 117 Å². The van der Waals surface area contributed by atoms with Crippen LogP contribution in [0.3, 0.4) is 0 Å². The van der Waals surface area contributed by atoms with Gasteiger partial charge in [-0.25, -0.2) is 4.39 Å². The van der Waals surface area contributed by atoms with Crippen LogP contribution >= 0.6 is 38.9 Å². The Morgan fingerprint density at radius 3 is 2.76 bits per heavy atom. The second-order valence-corrected chi connectivity index (χ2v) is 5.89. The molecule has 2 rings (SSSR count). The number of thiophene rings is 1. The fourth-order valence-corrected chi connectivity index (χ4v) is 3.30. The van der Waals surface area contributed by atoms with E-state index in [0.717, 1.165) is 14.9 Å². The van der Waals surface area contributed by atoms with Crippen molar-refractivity contribution >= 4 is 38.9 Å². The number of benzene rings is 1. The summed E-state index contributed by atoms with van der Waals surface area (Å²) in [5.74, 6) is -0.261. The van der Waals surface area contributed by atoms with Crippen molar-refractivity contribution in [3.05, 3.63) is 55.4 Å². The third-order valence-electron chi connectivity index (χ3n) is 2.44. The van der Waals surface area contributed by atoms with Crippen LogP contribution in [0.25, 0.3) is 0 Å². The maximum absolute atomic E-state index is 12.9.